The lowest BCUT2D eigenvalue weighted by molar-refractivity contribution is -0.140. The number of fused-ring (bicyclic) bond motifs is 2. The molecule has 1 fully saturated rings. The van der Waals surface area contributed by atoms with Crippen molar-refractivity contribution in [1.82, 2.24) is 5.32 Å². The third kappa shape index (κ3) is 4.80. The lowest BCUT2D eigenvalue weighted by Gasteiger charge is -2.37. The topological polar surface area (TPSA) is 112 Å². The molecule has 7 heteroatoms. The van der Waals surface area contributed by atoms with E-state index in [1.54, 1.807) is 0 Å². The van der Waals surface area contributed by atoms with E-state index < -0.39 is 17.4 Å². The molecule has 0 aromatic heterocycles. The van der Waals surface area contributed by atoms with Crippen LogP contribution in [0.2, 0.25) is 0 Å². The number of esters is 2. The molecule has 0 saturated carbocycles. The van der Waals surface area contributed by atoms with Gasteiger partial charge in [0.15, 0.2) is 12.0 Å². The molecular weight excluding hydrogens is 358 g/mol. The molecule has 0 amide bonds. The first kappa shape index (κ1) is 21.2. The van der Waals surface area contributed by atoms with Crippen molar-refractivity contribution in [3.8, 4) is 24.0 Å². The van der Waals surface area contributed by atoms with Crippen molar-refractivity contribution in [2.45, 2.75) is 45.2 Å². The summed E-state index contributed by atoms with van der Waals surface area (Å²) in [5.41, 5.74) is -0.152. The van der Waals surface area contributed by atoms with Crippen LogP contribution in [0, 0.1) is 45.8 Å². The second kappa shape index (κ2) is 9.22. The summed E-state index contributed by atoms with van der Waals surface area (Å²) in [5.74, 6) is 4.31. The van der Waals surface area contributed by atoms with Crippen LogP contribution in [0.3, 0.4) is 0 Å². The zero-order valence-corrected chi connectivity index (χ0v) is 16.1. The van der Waals surface area contributed by atoms with Crippen molar-refractivity contribution < 1.29 is 19.1 Å². The quantitative estimate of drug-likeness (QED) is 0.424. The van der Waals surface area contributed by atoms with Crippen LogP contribution in [-0.2, 0) is 19.1 Å². The number of nitrogens with zero attached hydrogens (tertiary/aromatic N) is 2. The minimum atomic E-state index is -1.45. The number of nitrogens with one attached hydrogen (secondary N) is 1. The number of rotatable bonds is 6. The van der Waals surface area contributed by atoms with E-state index in [0.29, 0.717) is 11.1 Å². The molecule has 2 aliphatic rings. The Labute approximate surface area is 165 Å². The third-order valence-electron chi connectivity index (χ3n) is 4.94. The maximum Gasteiger partial charge on any atom is 0.303 e. The highest BCUT2D eigenvalue weighted by atomic mass is 16.5. The van der Waals surface area contributed by atoms with Gasteiger partial charge in [0, 0.05) is 38.3 Å². The number of carbonyl (C=O) groups is 2. The van der Waals surface area contributed by atoms with Crippen molar-refractivity contribution in [1.29, 1.82) is 10.5 Å². The molecule has 1 saturated heterocycles. The van der Waals surface area contributed by atoms with Crippen LogP contribution in [0.5, 0.6) is 0 Å². The molecule has 0 spiro atoms. The second-order valence-corrected chi connectivity index (χ2v) is 6.93. The first-order chi connectivity index (χ1) is 13.3. The molecule has 2 rings (SSSR count). The van der Waals surface area contributed by atoms with Gasteiger partial charge in [-0.2, -0.15) is 10.5 Å². The van der Waals surface area contributed by atoms with Crippen molar-refractivity contribution in [2.24, 2.45) is 11.3 Å². The molecule has 2 bridgehead atoms. The standard InChI is InChI=1S/C21H23N3O4/c1-14(11-28-16(3)26)20-18(10-17-6-7-19(20)24-17)21(12-22,13-23)8-4-5-9-27-15(2)25/h10,17,19-20,24H,1,6-9,11H2,2-3H3/t17?,19?,20-/m1/s1. The monoisotopic (exact) mass is 381 g/mol. The maximum atomic E-state index is 11.2. The van der Waals surface area contributed by atoms with Gasteiger partial charge in [-0.15, -0.1) is 0 Å². The normalized spacial score (nSPS) is 22.6. The van der Waals surface area contributed by atoms with Gasteiger partial charge in [-0.25, -0.2) is 0 Å². The number of hydrogen-bond acceptors (Lipinski definition) is 7. The van der Waals surface area contributed by atoms with Crippen LogP contribution in [-0.4, -0.2) is 37.2 Å². The van der Waals surface area contributed by atoms with Gasteiger partial charge in [0.05, 0.1) is 12.1 Å². The molecular formula is C21H23N3O4. The smallest absolute Gasteiger partial charge is 0.303 e. The molecule has 2 heterocycles. The van der Waals surface area contributed by atoms with Crippen LogP contribution in [0.15, 0.2) is 23.8 Å². The van der Waals surface area contributed by atoms with E-state index >= 15 is 0 Å². The number of carbonyl (C=O) groups excluding carboxylic acids is 2. The summed E-state index contributed by atoms with van der Waals surface area (Å²) >= 11 is 0. The van der Waals surface area contributed by atoms with Crippen LogP contribution in [0.4, 0.5) is 0 Å². The van der Waals surface area contributed by atoms with Crippen LogP contribution >= 0.6 is 0 Å². The highest BCUT2D eigenvalue weighted by molar-refractivity contribution is 5.66. The van der Waals surface area contributed by atoms with Crippen molar-refractivity contribution in [2.75, 3.05) is 13.2 Å². The summed E-state index contributed by atoms with van der Waals surface area (Å²) < 4.78 is 9.85. The van der Waals surface area contributed by atoms with Gasteiger partial charge in [0.2, 0.25) is 0 Å². The van der Waals surface area contributed by atoms with Crippen molar-refractivity contribution in [3.63, 3.8) is 0 Å². The summed E-state index contributed by atoms with van der Waals surface area (Å²) in [4.78, 5) is 22.0. The van der Waals surface area contributed by atoms with E-state index in [2.05, 4.69) is 35.9 Å². The molecule has 146 valence electrons. The SMILES string of the molecule is C=C(COC(C)=O)[C@@H]1C(C(C#N)(C#N)CC#CCOC(C)=O)=CC2CCC1N2. The Morgan fingerprint density at radius 3 is 2.50 bits per heavy atom. The average Bonchev–Trinajstić information content (AvgIpc) is 3.03. The lowest BCUT2D eigenvalue weighted by Crippen LogP contribution is -2.44. The Kier molecular flexibility index (Phi) is 6.99. The van der Waals surface area contributed by atoms with Crippen LogP contribution in [0.25, 0.3) is 0 Å². The molecule has 7 nitrogen and oxygen atoms in total. The van der Waals surface area contributed by atoms with E-state index in [1.807, 2.05) is 6.08 Å². The lowest BCUT2D eigenvalue weighted by atomic mass is 9.68. The molecule has 28 heavy (non-hydrogen) atoms. The Morgan fingerprint density at radius 2 is 1.89 bits per heavy atom. The third-order valence-corrected chi connectivity index (χ3v) is 4.94. The molecule has 0 radical (unpaired) electrons. The average molecular weight is 381 g/mol. The van der Waals surface area contributed by atoms with E-state index in [-0.39, 0.29) is 37.6 Å². The fourth-order valence-corrected chi connectivity index (χ4v) is 3.65. The highest BCUT2D eigenvalue weighted by Crippen LogP contribution is 2.45. The Hall–Kier alpha value is -3.08. The van der Waals surface area contributed by atoms with Gasteiger partial charge in [0.25, 0.3) is 0 Å². The van der Waals surface area contributed by atoms with E-state index in [4.69, 9.17) is 9.47 Å². The zero-order chi connectivity index (χ0) is 20.7. The maximum absolute atomic E-state index is 11.2. The van der Waals surface area contributed by atoms with E-state index in [1.165, 1.54) is 13.8 Å². The van der Waals surface area contributed by atoms with Crippen molar-refractivity contribution in [3.05, 3.63) is 23.8 Å². The fraction of sp³-hybridized carbons (Fsp3) is 0.524. The Bertz CT molecular complexity index is 820. The molecule has 2 aliphatic heterocycles. The first-order valence-electron chi connectivity index (χ1n) is 9.04. The molecule has 1 N–H and O–H groups in total. The van der Waals surface area contributed by atoms with Gasteiger partial charge in [-0.05, 0) is 24.0 Å². The highest BCUT2D eigenvalue weighted by Gasteiger charge is 2.47. The summed E-state index contributed by atoms with van der Waals surface area (Å²) in [7, 11) is 0. The number of ether oxygens (including phenoxy) is 2. The molecule has 3 atom stereocenters. The molecule has 2 unspecified atom stereocenters. The summed E-state index contributed by atoms with van der Waals surface area (Å²) in [5, 5.41) is 23.2. The predicted octanol–water partition coefficient (Wildman–Crippen LogP) is 1.77. The Morgan fingerprint density at radius 1 is 1.21 bits per heavy atom. The van der Waals surface area contributed by atoms with Crippen LogP contribution < -0.4 is 5.32 Å². The molecule has 0 aromatic rings. The zero-order valence-electron chi connectivity index (χ0n) is 16.1. The van der Waals surface area contributed by atoms with E-state index in [0.717, 1.165) is 12.8 Å². The van der Waals surface area contributed by atoms with Gasteiger partial charge < -0.3 is 14.8 Å². The van der Waals surface area contributed by atoms with Gasteiger partial charge in [0.1, 0.15) is 6.61 Å². The first-order valence-corrected chi connectivity index (χ1v) is 9.04. The molecule has 0 aliphatic carbocycles. The largest absolute Gasteiger partial charge is 0.461 e. The van der Waals surface area contributed by atoms with Gasteiger partial charge in [-0.3, -0.25) is 9.59 Å². The summed E-state index contributed by atoms with van der Waals surface area (Å²) in [6, 6.07) is 4.40. The molecule has 0 aromatic carbocycles. The van der Waals surface area contributed by atoms with Crippen LogP contribution in [0.1, 0.15) is 33.1 Å². The van der Waals surface area contributed by atoms with E-state index in [9.17, 15) is 20.1 Å². The summed E-state index contributed by atoms with van der Waals surface area (Å²) in [6.45, 7) is 6.61. The van der Waals surface area contributed by atoms with Crippen molar-refractivity contribution >= 4 is 11.9 Å². The number of nitriles is 2. The number of hydrogen-bond donors (Lipinski definition) is 1. The minimum absolute atomic E-state index is 0.0100. The van der Waals surface area contributed by atoms with Gasteiger partial charge in [-0.1, -0.05) is 24.5 Å². The fourth-order valence-electron chi connectivity index (χ4n) is 3.65. The second-order valence-electron chi connectivity index (χ2n) is 6.93. The van der Waals surface area contributed by atoms with Gasteiger partial charge >= 0.3 is 11.9 Å². The Balaban J connectivity index is 2.30. The predicted molar refractivity (Wildman–Crippen MR) is 100.0 cm³/mol. The summed E-state index contributed by atoms with van der Waals surface area (Å²) in [6.07, 6.45) is 3.69. The minimum Gasteiger partial charge on any atom is -0.461 e.